The second kappa shape index (κ2) is 17.5. The topological polar surface area (TPSA) is 6.48 Å². The van der Waals surface area contributed by atoms with Crippen molar-refractivity contribution < 1.29 is 26.3 Å². The molecule has 0 fully saturated rings. The van der Waals surface area contributed by atoms with E-state index in [4.69, 9.17) is 0 Å². The van der Waals surface area contributed by atoms with Gasteiger partial charge in [0.15, 0.2) is 0 Å². The summed E-state index contributed by atoms with van der Waals surface area (Å²) in [6, 6.07) is 63.7. The lowest BCUT2D eigenvalue weighted by atomic mass is 9.89. The van der Waals surface area contributed by atoms with Gasteiger partial charge in [-0.1, -0.05) is 146 Å². The molecular weight excluding hydrogens is 815 g/mol. The first-order chi connectivity index (χ1) is 31.0. The van der Waals surface area contributed by atoms with E-state index in [1.807, 2.05) is 182 Å². The Hall–Kier alpha value is -7.84. The molecule has 9 rings (SSSR count). The first-order valence-electron chi connectivity index (χ1n) is 20.6. The van der Waals surface area contributed by atoms with Crippen molar-refractivity contribution in [2.24, 2.45) is 0 Å². The molecule has 314 valence electrons. The van der Waals surface area contributed by atoms with Gasteiger partial charge >= 0.3 is 12.4 Å². The molecule has 0 aliphatic carbocycles. The van der Waals surface area contributed by atoms with Gasteiger partial charge in [0.1, 0.15) is 0 Å². The van der Waals surface area contributed by atoms with E-state index in [1.165, 1.54) is 24.3 Å². The molecule has 0 saturated heterocycles. The van der Waals surface area contributed by atoms with Crippen LogP contribution in [0, 0.1) is 0 Å². The highest BCUT2D eigenvalue weighted by Gasteiger charge is 2.46. The summed E-state index contributed by atoms with van der Waals surface area (Å²) in [5, 5.41) is -0.908. The van der Waals surface area contributed by atoms with Gasteiger partial charge in [0, 0.05) is 34.1 Å². The van der Waals surface area contributed by atoms with Gasteiger partial charge in [0.05, 0.1) is 11.1 Å². The summed E-state index contributed by atoms with van der Waals surface area (Å²) in [7, 11) is 0. The summed E-state index contributed by atoms with van der Waals surface area (Å²) in [4.78, 5) is 4.25. The number of alkyl halides is 6. The van der Waals surface area contributed by atoms with Gasteiger partial charge in [-0.25, -0.2) is 0 Å². The van der Waals surface area contributed by atoms with E-state index in [-0.39, 0.29) is 10.8 Å². The Balaban J connectivity index is 1.06. The minimum Gasteiger partial charge on any atom is -0.311 e. The molecule has 0 saturated carbocycles. The average Bonchev–Trinajstić information content (AvgIpc) is 3.31. The van der Waals surface area contributed by atoms with Crippen molar-refractivity contribution in [1.29, 1.82) is 0 Å². The molecule has 2 nitrogen and oxygen atoms in total. The zero-order valence-electron chi connectivity index (χ0n) is 34.1. The van der Waals surface area contributed by atoms with Crippen LogP contribution in [0.1, 0.15) is 33.4 Å². The van der Waals surface area contributed by atoms with Crippen LogP contribution in [0.5, 0.6) is 0 Å². The fourth-order valence-corrected chi connectivity index (χ4v) is 8.13. The number of para-hydroxylation sites is 4. The van der Waals surface area contributed by atoms with E-state index in [0.717, 1.165) is 57.4 Å². The maximum Gasteiger partial charge on any atom is 0.417 e. The second-order valence-electron chi connectivity index (χ2n) is 15.2. The van der Waals surface area contributed by atoms with Crippen LogP contribution >= 0.6 is 0 Å². The molecule has 0 heterocycles. The summed E-state index contributed by atoms with van der Waals surface area (Å²) in [5.74, 6) is 0. The lowest BCUT2D eigenvalue weighted by Crippen LogP contribution is -2.18. The number of anilines is 6. The molecule has 0 amide bonds. The third-order valence-corrected chi connectivity index (χ3v) is 11.0. The van der Waals surface area contributed by atoms with Crippen molar-refractivity contribution >= 4 is 80.0 Å². The van der Waals surface area contributed by atoms with E-state index >= 15 is 0 Å². The van der Waals surface area contributed by atoms with Crippen LogP contribution in [0.25, 0.3) is 45.8 Å². The zero-order valence-corrected chi connectivity index (χ0v) is 34.1. The first-order valence-corrected chi connectivity index (χ1v) is 20.6. The van der Waals surface area contributed by atoms with Crippen molar-refractivity contribution in [3.8, 4) is 0 Å². The molecule has 0 aromatic heterocycles. The van der Waals surface area contributed by atoms with E-state index in [0.29, 0.717) is 11.1 Å². The summed E-state index contributed by atoms with van der Waals surface area (Å²) >= 11 is 0. The summed E-state index contributed by atoms with van der Waals surface area (Å²) < 4.78 is 88.4. The van der Waals surface area contributed by atoms with Crippen molar-refractivity contribution in [3.63, 3.8) is 0 Å². The molecule has 0 spiro atoms. The smallest absolute Gasteiger partial charge is 0.311 e. The van der Waals surface area contributed by atoms with Crippen LogP contribution in [-0.2, 0) is 12.4 Å². The number of halogens is 6. The number of hydrogen-bond donors (Lipinski definition) is 0. The normalized spacial score (nSPS) is 12.1. The second-order valence-corrected chi connectivity index (χ2v) is 15.2. The molecule has 0 aliphatic rings. The highest BCUT2D eigenvalue weighted by atomic mass is 19.4. The van der Waals surface area contributed by atoms with E-state index in [1.54, 1.807) is 12.2 Å². The number of benzene rings is 9. The van der Waals surface area contributed by atoms with Gasteiger partial charge in [-0.2, -0.15) is 26.3 Å². The molecular formula is C56H38F6N2. The Morgan fingerprint density at radius 2 is 0.516 bits per heavy atom. The van der Waals surface area contributed by atoms with Gasteiger partial charge in [-0.3, -0.25) is 0 Å². The van der Waals surface area contributed by atoms with E-state index in [2.05, 4.69) is 9.80 Å². The standard InChI is InChI=1S/C56H38F6N2/c57-55(58,59)53-49-35-29-41(23-21-39-25-31-47(32-26-39)63(43-13-5-1-6-14-43)44-15-7-2-8-16-44)37-51(49)52-38-42(30-36-50(52)54(53)56(60,61)62)24-22-40-27-33-48(34-28-40)64(45-17-9-3-10-18-45)46-19-11-4-12-20-46/h1-38H/b23-21-,24-22-. The maximum atomic E-state index is 14.7. The average molecular weight is 853 g/mol. The zero-order chi connectivity index (χ0) is 44.3. The highest BCUT2D eigenvalue weighted by molar-refractivity contribution is 6.12. The molecule has 0 unspecified atom stereocenters. The molecule has 0 atom stereocenters. The van der Waals surface area contributed by atoms with E-state index < -0.39 is 34.3 Å². The van der Waals surface area contributed by atoms with Crippen molar-refractivity contribution in [2.75, 3.05) is 9.80 Å². The van der Waals surface area contributed by atoms with Crippen LogP contribution in [0.2, 0.25) is 0 Å². The number of rotatable bonds is 10. The third kappa shape index (κ3) is 8.76. The van der Waals surface area contributed by atoms with Crippen molar-refractivity contribution in [3.05, 3.63) is 240 Å². The fourth-order valence-electron chi connectivity index (χ4n) is 8.13. The Labute approximate surface area is 366 Å². The SMILES string of the molecule is FC(F)(F)c1c(C(F)(F)F)c2ccc(/C=C\c3ccc(N(c4ccccc4)c4ccccc4)cc3)cc2c2cc(/C=C\c3ccc(N(c4ccccc4)c4ccccc4)cc3)ccc12. The predicted molar refractivity (Wildman–Crippen MR) is 252 cm³/mol. The maximum absolute atomic E-state index is 14.7. The van der Waals surface area contributed by atoms with Gasteiger partial charge in [-0.15, -0.1) is 0 Å². The largest absolute Gasteiger partial charge is 0.417 e. The van der Waals surface area contributed by atoms with Crippen LogP contribution in [0.15, 0.2) is 206 Å². The number of nitrogens with zero attached hydrogens (tertiary/aromatic N) is 2. The molecule has 0 aliphatic heterocycles. The molecule has 9 aromatic carbocycles. The van der Waals surface area contributed by atoms with Gasteiger partial charge in [0.2, 0.25) is 0 Å². The molecule has 8 heteroatoms. The summed E-state index contributed by atoms with van der Waals surface area (Å²) in [6.45, 7) is 0. The first kappa shape index (κ1) is 41.5. The molecule has 64 heavy (non-hydrogen) atoms. The Morgan fingerprint density at radius 3 is 0.797 bits per heavy atom. The van der Waals surface area contributed by atoms with Crippen LogP contribution < -0.4 is 9.80 Å². The minimum absolute atomic E-state index is 0.0655. The number of hydrogen-bond acceptors (Lipinski definition) is 2. The quantitative estimate of drug-likeness (QED) is 0.0768. The van der Waals surface area contributed by atoms with Crippen molar-refractivity contribution in [2.45, 2.75) is 12.4 Å². The molecule has 9 aromatic rings. The predicted octanol–water partition coefficient (Wildman–Crippen LogP) is 17.3. The minimum atomic E-state index is -5.27. The monoisotopic (exact) mass is 852 g/mol. The van der Waals surface area contributed by atoms with Gasteiger partial charge in [0.25, 0.3) is 0 Å². The molecule has 0 N–H and O–H groups in total. The molecule has 0 radical (unpaired) electrons. The Bertz CT molecular complexity index is 2800. The van der Waals surface area contributed by atoms with Crippen LogP contribution in [0.4, 0.5) is 60.5 Å². The highest BCUT2D eigenvalue weighted by Crippen LogP contribution is 2.49. The van der Waals surface area contributed by atoms with Crippen LogP contribution in [-0.4, -0.2) is 0 Å². The Morgan fingerprint density at radius 1 is 0.266 bits per heavy atom. The lowest BCUT2D eigenvalue weighted by Gasteiger charge is -2.25. The summed E-state index contributed by atoms with van der Waals surface area (Å²) in [6.07, 6.45) is -3.38. The van der Waals surface area contributed by atoms with Gasteiger partial charge in [-0.05, 0) is 129 Å². The third-order valence-electron chi connectivity index (χ3n) is 11.0. The fraction of sp³-hybridized carbons (Fsp3) is 0.0357. The molecule has 0 bridgehead atoms. The van der Waals surface area contributed by atoms with Crippen LogP contribution in [0.3, 0.4) is 0 Å². The van der Waals surface area contributed by atoms with Gasteiger partial charge < -0.3 is 9.80 Å². The number of fused-ring (bicyclic) bond motifs is 3. The van der Waals surface area contributed by atoms with Crippen molar-refractivity contribution in [1.82, 2.24) is 0 Å². The Kier molecular flexibility index (Phi) is 11.3. The lowest BCUT2D eigenvalue weighted by molar-refractivity contribution is -0.160. The summed E-state index contributed by atoms with van der Waals surface area (Å²) in [5.41, 5.74) is 5.09. The van der Waals surface area contributed by atoms with E-state index in [9.17, 15) is 26.3 Å².